The van der Waals surface area contributed by atoms with Crippen molar-refractivity contribution in [3.05, 3.63) is 59.2 Å². The number of aliphatic hydroxyl groups excluding tert-OH is 8. The molecule has 0 saturated carbocycles. The lowest BCUT2D eigenvalue weighted by atomic mass is 9.88. The van der Waals surface area contributed by atoms with Crippen LogP contribution in [0.25, 0.3) is 11.1 Å². The summed E-state index contributed by atoms with van der Waals surface area (Å²) in [6, 6.07) is 12.4. The molecule has 4 rings (SSSR count). The Hall–Kier alpha value is -1.96. The highest BCUT2D eigenvalue weighted by Crippen LogP contribution is 2.36. The molecular formula is C25H32O10. The standard InChI is InChI=1S/C25H32O10/c1-11-8-14(25-23(33)21(31)19(29)17(10-27)35-25)6-7-15(11)12-2-4-13(5-3-12)24-22(32)20(30)18(28)16(9-26)34-24/h2-8,16-33H,9-10H2,1H3/t16-,17-,18-,19-,20+,21+,22+,23+,24-,25-/m1/s1. The molecule has 0 unspecified atom stereocenters. The molecule has 2 aliphatic rings. The van der Waals surface area contributed by atoms with Gasteiger partial charge in [-0.3, -0.25) is 0 Å². The van der Waals surface area contributed by atoms with E-state index in [1.807, 2.05) is 25.1 Å². The van der Waals surface area contributed by atoms with Crippen molar-refractivity contribution in [1.29, 1.82) is 0 Å². The minimum Gasteiger partial charge on any atom is -0.394 e. The lowest BCUT2D eigenvalue weighted by Crippen LogP contribution is -2.55. The topological polar surface area (TPSA) is 180 Å². The van der Waals surface area contributed by atoms with Crippen LogP contribution < -0.4 is 0 Å². The van der Waals surface area contributed by atoms with Crippen molar-refractivity contribution in [2.45, 2.75) is 68.0 Å². The highest BCUT2D eigenvalue weighted by atomic mass is 16.6. The maximum absolute atomic E-state index is 10.4. The minimum atomic E-state index is -1.46. The Kier molecular flexibility index (Phi) is 7.89. The smallest absolute Gasteiger partial charge is 0.113 e. The summed E-state index contributed by atoms with van der Waals surface area (Å²) in [4.78, 5) is 0. The monoisotopic (exact) mass is 492 g/mol. The predicted octanol–water partition coefficient (Wildman–Crippen LogP) is -1.31. The first-order chi connectivity index (χ1) is 16.7. The molecule has 0 bridgehead atoms. The van der Waals surface area contributed by atoms with Crippen molar-refractivity contribution < 1.29 is 50.3 Å². The van der Waals surface area contributed by atoms with Gasteiger partial charge in [0.05, 0.1) is 13.2 Å². The molecule has 0 aliphatic carbocycles. The van der Waals surface area contributed by atoms with Crippen LogP contribution in [-0.2, 0) is 9.47 Å². The lowest BCUT2D eigenvalue weighted by Gasteiger charge is -2.40. The average Bonchev–Trinajstić information content (AvgIpc) is 2.86. The molecule has 10 nitrogen and oxygen atoms in total. The van der Waals surface area contributed by atoms with Crippen LogP contribution >= 0.6 is 0 Å². The van der Waals surface area contributed by atoms with E-state index in [-0.39, 0.29) is 0 Å². The fourth-order valence-corrected chi connectivity index (χ4v) is 4.79. The largest absolute Gasteiger partial charge is 0.394 e. The first kappa shape index (κ1) is 26.1. The van der Waals surface area contributed by atoms with Crippen LogP contribution in [-0.4, -0.2) is 103 Å². The van der Waals surface area contributed by atoms with E-state index in [9.17, 15) is 40.9 Å². The summed E-state index contributed by atoms with van der Waals surface area (Å²) < 4.78 is 11.2. The van der Waals surface area contributed by atoms with E-state index in [1.165, 1.54) is 0 Å². The van der Waals surface area contributed by atoms with Crippen molar-refractivity contribution in [2.24, 2.45) is 0 Å². The van der Waals surface area contributed by atoms with Gasteiger partial charge < -0.3 is 50.3 Å². The number of benzene rings is 2. The van der Waals surface area contributed by atoms with Gasteiger partial charge in [0.2, 0.25) is 0 Å². The summed E-state index contributed by atoms with van der Waals surface area (Å²) >= 11 is 0. The molecule has 192 valence electrons. The van der Waals surface area contributed by atoms with Crippen LogP contribution in [0.4, 0.5) is 0 Å². The van der Waals surface area contributed by atoms with E-state index in [0.29, 0.717) is 11.1 Å². The van der Waals surface area contributed by atoms with Gasteiger partial charge in [-0.1, -0.05) is 42.5 Å². The Morgan fingerprint density at radius 1 is 0.600 bits per heavy atom. The van der Waals surface area contributed by atoms with Crippen molar-refractivity contribution in [2.75, 3.05) is 13.2 Å². The van der Waals surface area contributed by atoms with Crippen molar-refractivity contribution >= 4 is 0 Å². The summed E-state index contributed by atoms with van der Waals surface area (Å²) in [5.74, 6) is 0. The number of hydrogen-bond acceptors (Lipinski definition) is 10. The first-order valence-corrected chi connectivity index (χ1v) is 11.5. The van der Waals surface area contributed by atoms with Crippen LogP contribution in [0.15, 0.2) is 42.5 Å². The van der Waals surface area contributed by atoms with Crippen molar-refractivity contribution in [1.82, 2.24) is 0 Å². The summed E-state index contributed by atoms with van der Waals surface area (Å²) in [5.41, 5.74) is 3.72. The van der Waals surface area contributed by atoms with Gasteiger partial charge in [-0.15, -0.1) is 0 Å². The Balaban J connectivity index is 1.55. The maximum Gasteiger partial charge on any atom is 0.113 e. The van der Waals surface area contributed by atoms with Gasteiger partial charge in [-0.05, 0) is 34.7 Å². The zero-order chi connectivity index (χ0) is 25.4. The second-order valence-corrected chi connectivity index (χ2v) is 9.20. The number of rotatable bonds is 5. The molecule has 8 N–H and O–H groups in total. The van der Waals surface area contributed by atoms with Crippen LogP contribution in [0.1, 0.15) is 28.9 Å². The SMILES string of the molecule is Cc1cc([C@H]2O[C@H](CO)[C@@H](O)[C@H](O)[C@@H]2O)ccc1-c1ccc([C@H]2O[C@H](CO)[C@@H](O)[C@H](O)[C@@H]2O)cc1. The molecule has 0 spiro atoms. The molecule has 2 aromatic rings. The average molecular weight is 493 g/mol. The second-order valence-electron chi connectivity index (χ2n) is 9.20. The zero-order valence-electron chi connectivity index (χ0n) is 19.1. The maximum atomic E-state index is 10.4. The van der Waals surface area contributed by atoms with Crippen LogP contribution in [0.2, 0.25) is 0 Å². The van der Waals surface area contributed by atoms with E-state index >= 15 is 0 Å². The van der Waals surface area contributed by atoms with Gasteiger partial charge in [0.25, 0.3) is 0 Å². The van der Waals surface area contributed by atoms with E-state index in [2.05, 4.69) is 0 Å². The van der Waals surface area contributed by atoms with Gasteiger partial charge in [-0.25, -0.2) is 0 Å². The van der Waals surface area contributed by atoms with Gasteiger partial charge in [0, 0.05) is 0 Å². The number of aryl methyl sites for hydroxylation is 1. The molecule has 10 atom stereocenters. The van der Waals surface area contributed by atoms with E-state index < -0.39 is 74.3 Å². The lowest BCUT2D eigenvalue weighted by molar-refractivity contribution is -0.231. The highest BCUT2D eigenvalue weighted by molar-refractivity contribution is 5.68. The second kappa shape index (κ2) is 10.6. The van der Waals surface area contributed by atoms with Crippen LogP contribution in [0, 0.1) is 6.92 Å². The molecule has 2 saturated heterocycles. The normalized spacial score (nSPS) is 37.9. The van der Waals surface area contributed by atoms with Crippen LogP contribution in [0.3, 0.4) is 0 Å². The fourth-order valence-electron chi connectivity index (χ4n) is 4.79. The van der Waals surface area contributed by atoms with E-state index in [4.69, 9.17) is 9.47 Å². The molecular weight excluding hydrogens is 460 g/mol. The molecule has 0 aromatic heterocycles. The van der Waals surface area contributed by atoms with Gasteiger partial charge in [-0.2, -0.15) is 0 Å². The molecule has 2 aromatic carbocycles. The van der Waals surface area contributed by atoms with Gasteiger partial charge >= 0.3 is 0 Å². The molecule has 2 aliphatic heterocycles. The van der Waals surface area contributed by atoms with Gasteiger partial charge in [0.15, 0.2) is 0 Å². The number of hydrogen-bond donors (Lipinski definition) is 8. The summed E-state index contributed by atoms with van der Waals surface area (Å²) in [5, 5.41) is 79.7. The first-order valence-electron chi connectivity index (χ1n) is 11.5. The molecule has 10 heteroatoms. The molecule has 0 radical (unpaired) electrons. The third kappa shape index (κ3) is 4.87. The fraction of sp³-hybridized carbons (Fsp3) is 0.520. The van der Waals surface area contributed by atoms with E-state index in [0.717, 1.165) is 16.7 Å². The third-order valence-corrected chi connectivity index (χ3v) is 6.91. The molecule has 2 heterocycles. The zero-order valence-corrected chi connectivity index (χ0v) is 19.1. The molecule has 35 heavy (non-hydrogen) atoms. The molecule has 2 fully saturated rings. The Bertz CT molecular complexity index is 994. The Labute approximate surface area is 202 Å². The quantitative estimate of drug-likeness (QED) is 0.250. The third-order valence-electron chi connectivity index (χ3n) is 6.91. The predicted molar refractivity (Wildman–Crippen MR) is 122 cm³/mol. The molecule has 0 amide bonds. The van der Waals surface area contributed by atoms with Crippen molar-refractivity contribution in [3.63, 3.8) is 0 Å². The summed E-state index contributed by atoms with van der Waals surface area (Å²) in [6.07, 6.45) is -12.3. The highest BCUT2D eigenvalue weighted by Gasteiger charge is 2.45. The van der Waals surface area contributed by atoms with Crippen molar-refractivity contribution in [3.8, 4) is 11.1 Å². The Morgan fingerprint density at radius 3 is 1.51 bits per heavy atom. The number of aliphatic hydroxyl groups is 8. The van der Waals surface area contributed by atoms with Crippen LogP contribution in [0.5, 0.6) is 0 Å². The van der Waals surface area contributed by atoms with E-state index in [1.54, 1.807) is 24.3 Å². The summed E-state index contributed by atoms with van der Waals surface area (Å²) in [7, 11) is 0. The minimum absolute atomic E-state index is 0.500. The summed E-state index contributed by atoms with van der Waals surface area (Å²) in [6.45, 7) is 0.868. The Morgan fingerprint density at radius 2 is 1.06 bits per heavy atom. The number of ether oxygens (including phenoxy) is 2. The van der Waals surface area contributed by atoms with Gasteiger partial charge in [0.1, 0.15) is 61.0 Å².